The molecule has 0 unspecified atom stereocenters. The van der Waals surface area contributed by atoms with Gasteiger partial charge in [0, 0.05) is 100 Å². The Hall–Kier alpha value is -5.68. The van der Waals surface area contributed by atoms with Crippen molar-refractivity contribution in [2.45, 2.75) is 142 Å². The summed E-state index contributed by atoms with van der Waals surface area (Å²) in [5.41, 5.74) is 12.2. The van der Waals surface area contributed by atoms with Gasteiger partial charge in [-0.2, -0.15) is 5.53 Å². The van der Waals surface area contributed by atoms with Crippen LogP contribution >= 0.6 is 21.3 Å². The number of piperidine rings is 1. The Labute approximate surface area is 480 Å². The topological polar surface area (TPSA) is 229 Å². The molecule has 4 amide bonds. The number of alkyl halides is 1. The van der Waals surface area contributed by atoms with E-state index in [-0.39, 0.29) is 51.6 Å². The monoisotopic (exact) mass is 1220 g/mol. The third kappa shape index (κ3) is 14.3. The van der Waals surface area contributed by atoms with Crippen LogP contribution in [0, 0.1) is 28.7 Å². The molecule has 80 heavy (non-hydrogen) atoms. The fraction of sp³-hybridized carbons (Fsp3) is 0.649. The number of morpholine rings is 1. The third-order valence-corrected chi connectivity index (χ3v) is 17.0. The minimum absolute atomic E-state index is 0.0289. The number of hydrogen-bond donors (Lipinski definition) is 3. The van der Waals surface area contributed by atoms with Crippen LogP contribution in [0.4, 0.5) is 10.1 Å². The lowest BCUT2D eigenvalue weighted by molar-refractivity contribution is -0.156. The second kappa shape index (κ2) is 26.5. The number of nitrogens with one attached hydrogen (secondary N) is 3. The highest BCUT2D eigenvalue weighted by molar-refractivity contribution is 14.1. The molecule has 6 bridgehead atoms. The van der Waals surface area contributed by atoms with Gasteiger partial charge in [-0.3, -0.25) is 38.9 Å². The molecule has 4 aliphatic heterocycles. The summed E-state index contributed by atoms with van der Waals surface area (Å²) in [6.45, 7) is 18.3. The highest BCUT2D eigenvalue weighted by Crippen LogP contribution is 2.43. The molecule has 0 saturated carbocycles. The van der Waals surface area contributed by atoms with Crippen molar-refractivity contribution in [1.82, 2.24) is 40.0 Å². The van der Waals surface area contributed by atoms with E-state index in [1.54, 1.807) is 27.2 Å². The number of aryl methyl sites for hydroxylation is 1. The van der Waals surface area contributed by atoms with Crippen LogP contribution < -0.4 is 20.4 Å². The molecule has 3 N–H and O–H groups in total. The fourth-order valence-electron chi connectivity index (χ4n) is 10.9. The summed E-state index contributed by atoms with van der Waals surface area (Å²) >= 11 is -0.906. The number of carbonyl (C=O) groups is 5. The van der Waals surface area contributed by atoms with E-state index in [9.17, 15) is 24.0 Å². The van der Waals surface area contributed by atoms with Gasteiger partial charge in [0.2, 0.25) is 5.91 Å². The first-order valence-corrected chi connectivity index (χ1v) is 29.7. The molecule has 3 fully saturated rings. The maximum Gasteiger partial charge on any atom is 0.324 e. The number of carbonyl (C=O) groups excluding carboxylic acids is 5. The minimum Gasteiger partial charge on any atom is -0.490 e. The lowest BCUT2D eigenvalue weighted by atomic mass is 9.84. The Morgan fingerprint density at radius 2 is 1.84 bits per heavy atom. The molecule has 2 aromatic heterocycles. The first-order chi connectivity index (χ1) is 37.9. The fourth-order valence-corrected chi connectivity index (χ4v) is 11.5. The normalized spacial score (nSPS) is 21.7. The highest BCUT2D eigenvalue weighted by atomic mass is 127. The van der Waals surface area contributed by atoms with Crippen molar-refractivity contribution in [3.05, 3.63) is 41.7 Å². The number of likely N-dealkylation sites (tertiary alicyclic amines) is 1. The number of nitrogens with zero attached hydrogens (tertiary/aromatic N) is 9. The number of hydrogen-bond acceptors (Lipinski definition) is 15. The van der Waals surface area contributed by atoms with Gasteiger partial charge in [0.05, 0.1) is 55.1 Å². The zero-order valence-electron chi connectivity index (χ0n) is 48.6. The van der Waals surface area contributed by atoms with Crippen molar-refractivity contribution in [3.8, 4) is 28.8 Å². The van der Waals surface area contributed by atoms with Gasteiger partial charge in [0.1, 0.15) is 30.5 Å². The van der Waals surface area contributed by atoms with E-state index in [0.717, 1.165) is 44.0 Å². The van der Waals surface area contributed by atoms with Crippen molar-refractivity contribution in [3.63, 3.8) is 0 Å². The number of methoxy groups -OCH3 is 1. The quantitative estimate of drug-likeness (QED) is 0.0470. The van der Waals surface area contributed by atoms with E-state index < -0.39 is 97.7 Å². The Bertz CT molecular complexity index is 2860. The number of cyclic esters (lactones) is 1. The largest absolute Gasteiger partial charge is 0.490 e. The van der Waals surface area contributed by atoms with Crippen LogP contribution in [-0.4, -0.2) is 182 Å². The zero-order chi connectivity index (χ0) is 58.3. The number of rotatable bonds is 15. The minimum atomic E-state index is -2.35. The molecule has 6 heterocycles. The maximum absolute atomic E-state index is 16.9. The Morgan fingerprint density at radius 3 is 2.51 bits per heavy atom. The molecular weight excluding hydrogens is 1140 g/mol. The molecule has 23 heteroatoms. The molecule has 0 aliphatic carbocycles. The molecule has 4 aliphatic rings. The van der Waals surface area contributed by atoms with Gasteiger partial charge >= 0.3 is 5.97 Å². The number of hydrazine groups is 1. The van der Waals surface area contributed by atoms with E-state index >= 15 is 4.39 Å². The lowest BCUT2D eigenvalue weighted by Gasteiger charge is -2.41. The second-order valence-corrected chi connectivity index (χ2v) is 24.8. The van der Waals surface area contributed by atoms with Crippen LogP contribution in [0.5, 0.6) is 5.75 Å². The number of pyridine rings is 1. The smallest absolute Gasteiger partial charge is 0.324 e. The van der Waals surface area contributed by atoms with E-state index in [4.69, 9.17) is 29.5 Å². The van der Waals surface area contributed by atoms with Crippen molar-refractivity contribution >= 4 is 67.5 Å². The van der Waals surface area contributed by atoms with E-state index in [2.05, 4.69) is 77.5 Å². The number of esters is 1. The number of aromatic nitrogens is 2. The van der Waals surface area contributed by atoms with Gasteiger partial charge in [-0.05, 0) is 103 Å². The van der Waals surface area contributed by atoms with Crippen LogP contribution in [0.3, 0.4) is 0 Å². The Morgan fingerprint density at radius 1 is 1.10 bits per heavy atom. The summed E-state index contributed by atoms with van der Waals surface area (Å²) in [7, 11) is 6.78. The molecule has 3 aromatic rings. The van der Waals surface area contributed by atoms with Crippen LogP contribution in [0.1, 0.15) is 105 Å². The van der Waals surface area contributed by atoms with Crippen LogP contribution in [-0.2, 0) is 51.1 Å². The van der Waals surface area contributed by atoms with Gasteiger partial charge in [-0.25, -0.2) is 13.0 Å². The highest BCUT2D eigenvalue weighted by Gasteiger charge is 2.48. The summed E-state index contributed by atoms with van der Waals surface area (Å²) in [5, 5.41) is 5.36. The first kappa shape index (κ1) is 61.9. The van der Waals surface area contributed by atoms with E-state index in [0.29, 0.717) is 64.4 Å². The van der Waals surface area contributed by atoms with Crippen molar-refractivity contribution in [1.29, 1.82) is 5.53 Å². The number of amides is 4. The predicted octanol–water partition coefficient (Wildman–Crippen LogP) is 6.77. The predicted molar refractivity (Wildman–Crippen MR) is 310 cm³/mol. The molecule has 0 spiro atoms. The van der Waals surface area contributed by atoms with Gasteiger partial charge < -0.3 is 43.5 Å². The zero-order valence-corrected chi connectivity index (χ0v) is 50.8. The molecule has 5 atom stereocenters. The molecule has 7 rings (SSSR count). The number of halogens is 2. The van der Waals surface area contributed by atoms with Gasteiger partial charge in [-0.15, -0.1) is 3.33 Å². The van der Waals surface area contributed by atoms with Crippen molar-refractivity contribution in [2.24, 2.45) is 17.8 Å². The average molecular weight is 1230 g/mol. The third-order valence-electron chi connectivity index (χ3n) is 16.0. The van der Waals surface area contributed by atoms with Crippen molar-refractivity contribution < 1.29 is 47.3 Å². The van der Waals surface area contributed by atoms with E-state index in [1.807, 2.05) is 45.8 Å². The summed E-state index contributed by atoms with van der Waals surface area (Å²) < 4.78 is 51.6. The SMILES string of the molecule is CCn1c(-c2cc(OCCN=IN=N)cnc2[C@H](C)OC)c2c3cc(ccc31)N1CCO[C@@H](C[C@H](NC(=O)[C@H](C(C)C)N(C)C(=O)C3(F)CCN(C(=O)C#CC(C)(C)N(C)C)CC3)C(=O)N3CCC[C@H](N3)C(=O)OCC(C)(C)C2)C1. The standard InChI is InChI=1S/C57H82FIN12O9/c1-13-70-46-17-16-38-29-41(46)43(50(70)42-30-39(78-27-22-62-59-65-60)33-61-48(42)37(4)77-12)32-55(5,6)35-80-53(75)44-15-14-23-71(64-44)52(74)45(31-40-34-69(38)26-28-79-40)63-51(73)49(36(2)3)67(11)54(76)57(58)20-24-68(25-21-57)47(72)18-19-56(7,8)66(9)10/h16-17,29-30,33,36-37,40,44-45,49,60,64H,13-15,20-28,31-32,34-35H2,1-12H3,(H,63,73)/t37-,40-,44-,45-,49-/m0/s1. The van der Waals surface area contributed by atoms with Gasteiger partial charge in [-0.1, -0.05) is 33.6 Å². The van der Waals surface area contributed by atoms with Crippen LogP contribution in [0.2, 0.25) is 0 Å². The van der Waals surface area contributed by atoms with Gasteiger partial charge in [0.25, 0.3) is 17.7 Å². The molecular formula is C57H82FIN12O9. The first-order valence-electron chi connectivity index (χ1n) is 27.8. The summed E-state index contributed by atoms with van der Waals surface area (Å²) in [4.78, 5) is 82.7. The Balaban J connectivity index is 1.21. The molecule has 21 nitrogen and oxygen atoms in total. The second-order valence-electron chi connectivity index (χ2n) is 23.2. The summed E-state index contributed by atoms with van der Waals surface area (Å²) in [6, 6.07) is 5.16. The Kier molecular flexibility index (Phi) is 20.5. The summed E-state index contributed by atoms with van der Waals surface area (Å²) in [6.07, 6.45) is 1.62. The number of anilines is 1. The molecule has 3 saturated heterocycles. The van der Waals surface area contributed by atoms with Crippen LogP contribution in [0.25, 0.3) is 22.2 Å². The molecule has 438 valence electrons. The molecule has 0 radical (unpaired) electrons. The lowest BCUT2D eigenvalue weighted by Crippen LogP contribution is -2.63. The average Bonchev–Trinajstić information content (AvgIpc) is 3.97. The number of ether oxygens (including phenoxy) is 4. The number of benzene rings is 1. The van der Waals surface area contributed by atoms with Crippen molar-refractivity contribution in [2.75, 3.05) is 92.2 Å². The molecule has 1 aromatic carbocycles. The van der Waals surface area contributed by atoms with Gasteiger partial charge in [0.15, 0.2) is 27.0 Å². The number of fused-ring (bicyclic) bond motifs is 6. The summed E-state index contributed by atoms with van der Waals surface area (Å²) in [5.74, 6) is 2.72. The maximum atomic E-state index is 16.9. The van der Waals surface area contributed by atoms with E-state index in [1.165, 1.54) is 17.0 Å². The van der Waals surface area contributed by atoms with Crippen LogP contribution in [0.15, 0.2) is 36.9 Å². The number of likely N-dealkylation sites (N-methyl/N-ethyl adjacent to an activating group) is 1.